The molecular formula is AsNaS4-2. The first-order valence-electron chi connectivity index (χ1n) is 0.730. The average Bonchev–Trinajstić information content (AvgIpc) is 0.722. The number of rotatable bonds is 0. The second-order valence-corrected chi connectivity index (χ2v) is 20.9. The molecule has 0 rings (SSSR count). The summed E-state index contributed by atoms with van der Waals surface area (Å²) in [7, 11) is 15.2. The van der Waals surface area contributed by atoms with Gasteiger partial charge in [-0.1, -0.05) is 0 Å². The Balaban J connectivity index is 0. The molecule has 6 heavy (non-hydrogen) atoms. The zero-order valence-electron chi connectivity index (χ0n) is 3.08. The second-order valence-electron chi connectivity index (χ2n) is 0.447. The third-order valence-corrected chi connectivity index (χ3v) is 0. The molecule has 0 fully saturated rings. The summed E-state index contributed by atoms with van der Waals surface area (Å²) in [5.41, 5.74) is 0. The Morgan fingerprint density at radius 1 is 1.17 bits per heavy atom. The van der Waals surface area contributed by atoms with Crippen LogP contribution >= 0.6 is 10.4 Å². The van der Waals surface area contributed by atoms with Crippen LogP contribution in [-0.4, -0.2) is 8.41 Å². The topological polar surface area (TPSA) is 0 Å². The molecule has 0 N–H and O–H groups in total. The Bertz CT molecular complexity index is 53.7. The first-order chi connectivity index (χ1) is 2.00. The monoisotopic (exact) mass is 226 g/mol. The van der Waals surface area contributed by atoms with Gasteiger partial charge in [0.2, 0.25) is 0 Å². The predicted molar refractivity (Wildman–Crippen MR) is 35.4 cm³/mol. The van der Waals surface area contributed by atoms with E-state index in [-0.39, 0.29) is 29.6 Å². The largest absolute Gasteiger partial charge is 1.00 e. The van der Waals surface area contributed by atoms with Gasteiger partial charge in [-0.25, -0.2) is 0 Å². The van der Waals surface area contributed by atoms with E-state index < -0.39 is 8.41 Å². The summed E-state index contributed by atoms with van der Waals surface area (Å²) in [6.07, 6.45) is 0. The Morgan fingerprint density at radius 3 is 1.17 bits per heavy atom. The van der Waals surface area contributed by atoms with Crippen LogP contribution in [0, 0.1) is 0 Å². The van der Waals surface area contributed by atoms with E-state index in [4.69, 9.17) is 0 Å². The van der Waals surface area contributed by atoms with Crippen LogP contribution < -0.4 is 29.6 Å². The third kappa shape index (κ3) is 29.0. The molecule has 0 aliphatic carbocycles. The van der Waals surface area contributed by atoms with Crippen molar-refractivity contribution >= 4 is 51.5 Å². The average molecular weight is 226 g/mol. The van der Waals surface area contributed by atoms with Gasteiger partial charge >= 0.3 is 81.0 Å². The van der Waals surface area contributed by atoms with Gasteiger partial charge < -0.3 is 0 Å². The molecule has 0 nitrogen and oxygen atoms in total. The van der Waals surface area contributed by atoms with E-state index in [1.165, 1.54) is 0 Å². The van der Waals surface area contributed by atoms with E-state index >= 15 is 0 Å². The van der Waals surface area contributed by atoms with Gasteiger partial charge in [0.1, 0.15) is 0 Å². The Morgan fingerprint density at radius 2 is 1.17 bits per heavy atom. The fourth-order valence-electron chi connectivity index (χ4n) is 0. The van der Waals surface area contributed by atoms with Crippen molar-refractivity contribution in [2.24, 2.45) is 0 Å². The molecule has 0 bridgehead atoms. The van der Waals surface area contributed by atoms with E-state index in [1.54, 1.807) is 0 Å². The SMILES string of the molecule is S=[As]([S-])([S-])[S-].[Na+]. The van der Waals surface area contributed by atoms with Crippen molar-refractivity contribution in [2.75, 3.05) is 0 Å². The predicted octanol–water partition coefficient (Wildman–Crippen LogP) is -2.74. The zero-order chi connectivity index (χ0) is 4.50. The zero-order valence-corrected chi connectivity index (χ0v) is 10.2. The fraction of sp³-hybridized carbons (Fsp3) is 0. The minimum absolute atomic E-state index is 0. The molecule has 6 heteroatoms. The fourth-order valence-corrected chi connectivity index (χ4v) is 0. The molecule has 0 spiro atoms. The van der Waals surface area contributed by atoms with E-state index in [2.05, 4.69) is 43.1 Å². The standard InChI is InChI=1S/AsH3S4.Na/c2-1(3,4)5;/h(H3,2,3,4,5);/q;+1/p-3. The van der Waals surface area contributed by atoms with Crippen LogP contribution in [0.3, 0.4) is 0 Å². The van der Waals surface area contributed by atoms with Gasteiger partial charge in [-0.15, -0.1) is 0 Å². The Labute approximate surface area is 79.5 Å². The number of hydrogen-bond donors (Lipinski definition) is 0. The molecule has 0 aromatic rings. The molecule has 0 saturated carbocycles. The maximum Gasteiger partial charge on any atom is 1.00 e. The summed E-state index contributed by atoms with van der Waals surface area (Å²) in [5.74, 6) is 0. The molecule has 0 aromatic carbocycles. The molecule has 0 heterocycles. The van der Waals surface area contributed by atoms with Gasteiger partial charge in [-0.2, -0.15) is 0 Å². The molecule has 0 amide bonds. The van der Waals surface area contributed by atoms with Gasteiger partial charge in [0.25, 0.3) is 0 Å². The Hall–Kier alpha value is 2.83. The first kappa shape index (κ1) is 11.6. The van der Waals surface area contributed by atoms with Crippen LogP contribution in [0.15, 0.2) is 0 Å². The van der Waals surface area contributed by atoms with Crippen LogP contribution in [0.1, 0.15) is 0 Å². The second kappa shape index (κ2) is 4.68. The van der Waals surface area contributed by atoms with Gasteiger partial charge in [0.15, 0.2) is 0 Å². The normalized spacial score (nSPS) is 9.83. The molecule has 0 radical (unpaired) electrons. The van der Waals surface area contributed by atoms with Gasteiger partial charge in [-0.3, -0.25) is 0 Å². The molecule has 32 valence electrons. The van der Waals surface area contributed by atoms with Crippen molar-refractivity contribution in [1.82, 2.24) is 0 Å². The van der Waals surface area contributed by atoms with E-state index in [0.717, 1.165) is 0 Å². The first-order valence-corrected chi connectivity index (χ1v) is 11.4. The molecule has 0 unspecified atom stereocenters. The molecule has 0 aliphatic heterocycles. The minimum Gasteiger partial charge on any atom is 1.00 e. The van der Waals surface area contributed by atoms with E-state index in [0.29, 0.717) is 0 Å². The van der Waals surface area contributed by atoms with Gasteiger partial charge in [-0.05, 0) is 0 Å². The van der Waals surface area contributed by atoms with Crippen molar-refractivity contribution < 1.29 is 29.6 Å². The molecule has 0 saturated heterocycles. The third-order valence-electron chi connectivity index (χ3n) is 0. The van der Waals surface area contributed by atoms with Gasteiger partial charge in [0, 0.05) is 0 Å². The summed E-state index contributed by atoms with van der Waals surface area (Å²) in [6, 6.07) is 0. The summed E-state index contributed by atoms with van der Waals surface area (Å²) in [6.45, 7) is 0. The minimum atomic E-state index is -2.54. The molecule has 0 aromatic heterocycles. The smallest absolute Gasteiger partial charge is 1.00 e. The van der Waals surface area contributed by atoms with E-state index in [9.17, 15) is 0 Å². The molecule has 0 atom stereocenters. The van der Waals surface area contributed by atoms with Crippen LogP contribution in [-0.2, 0) is 32.7 Å². The maximum atomic E-state index is 4.44. The van der Waals surface area contributed by atoms with Crippen molar-refractivity contribution in [3.8, 4) is 0 Å². The van der Waals surface area contributed by atoms with Crippen molar-refractivity contribution in [2.45, 2.75) is 0 Å². The van der Waals surface area contributed by atoms with Crippen molar-refractivity contribution in [3.63, 3.8) is 0 Å². The maximum absolute atomic E-state index is 4.44. The van der Waals surface area contributed by atoms with Gasteiger partial charge in [0.05, 0.1) is 0 Å². The number of hydrogen-bond acceptors (Lipinski definition) is 4. The van der Waals surface area contributed by atoms with Crippen LogP contribution in [0.25, 0.3) is 0 Å². The quantitative estimate of drug-likeness (QED) is 0.324. The Kier molecular flexibility index (Phi) is 9.06. The summed E-state index contributed by atoms with van der Waals surface area (Å²) >= 11 is 0. The van der Waals surface area contributed by atoms with Crippen molar-refractivity contribution in [3.05, 3.63) is 0 Å². The van der Waals surface area contributed by atoms with E-state index in [1.807, 2.05) is 0 Å². The van der Waals surface area contributed by atoms with Crippen LogP contribution in [0.5, 0.6) is 0 Å². The summed E-state index contributed by atoms with van der Waals surface area (Å²) in [5, 5.41) is 0. The molecular weight excluding hydrogens is 226 g/mol. The summed E-state index contributed by atoms with van der Waals surface area (Å²) < 4.78 is 0. The molecule has 0 aliphatic rings. The van der Waals surface area contributed by atoms with Crippen LogP contribution in [0.2, 0.25) is 0 Å². The summed E-state index contributed by atoms with van der Waals surface area (Å²) in [4.78, 5) is 0. The van der Waals surface area contributed by atoms with Crippen molar-refractivity contribution in [1.29, 1.82) is 0 Å². The van der Waals surface area contributed by atoms with Crippen LogP contribution in [0.4, 0.5) is 0 Å².